The van der Waals surface area contributed by atoms with Crippen molar-refractivity contribution in [2.45, 2.75) is 64.3 Å². The predicted octanol–water partition coefficient (Wildman–Crippen LogP) is 2.23. The first-order valence-electron chi connectivity index (χ1n) is 9.93. The van der Waals surface area contributed by atoms with Gasteiger partial charge < -0.3 is 9.80 Å². The molecule has 0 aromatic carbocycles. The van der Waals surface area contributed by atoms with Crippen LogP contribution in [-0.2, 0) is 9.59 Å². The first-order chi connectivity index (χ1) is 12.0. The molecule has 6 nitrogen and oxygen atoms in total. The monoisotopic (exact) mass is 347 g/mol. The number of urea groups is 1. The number of rotatable bonds is 3. The Kier molecular flexibility index (Phi) is 4.24. The van der Waals surface area contributed by atoms with E-state index in [2.05, 4.69) is 0 Å². The number of carbonyl (C=O) groups excluding carboxylic acids is 3. The summed E-state index contributed by atoms with van der Waals surface area (Å²) in [4.78, 5) is 42.5. The van der Waals surface area contributed by atoms with Crippen LogP contribution >= 0.6 is 0 Å². The molecule has 3 saturated heterocycles. The highest BCUT2D eigenvalue weighted by molar-refractivity contribution is 6.04. The van der Waals surface area contributed by atoms with Crippen LogP contribution in [-0.4, -0.2) is 64.8 Å². The quantitative estimate of drug-likeness (QED) is 0.736. The second-order valence-corrected chi connectivity index (χ2v) is 8.45. The molecule has 0 aromatic rings. The van der Waals surface area contributed by atoms with E-state index in [9.17, 15) is 14.4 Å². The van der Waals surface area contributed by atoms with Crippen LogP contribution in [0.25, 0.3) is 0 Å². The van der Waals surface area contributed by atoms with Crippen LogP contribution in [0.1, 0.15) is 58.3 Å². The third-order valence-electron chi connectivity index (χ3n) is 6.97. The van der Waals surface area contributed by atoms with Crippen molar-refractivity contribution in [3.63, 3.8) is 0 Å². The van der Waals surface area contributed by atoms with Gasteiger partial charge in [0.05, 0.1) is 0 Å². The minimum atomic E-state index is -0.256. The van der Waals surface area contributed by atoms with E-state index >= 15 is 0 Å². The molecule has 4 fully saturated rings. The number of carbonyl (C=O) groups is 3. The number of likely N-dealkylation sites (N-methyl/N-ethyl adjacent to an activating group) is 1. The zero-order valence-corrected chi connectivity index (χ0v) is 15.2. The summed E-state index contributed by atoms with van der Waals surface area (Å²) in [5.41, 5.74) is 0.0416. The molecule has 1 aliphatic carbocycles. The average Bonchev–Trinajstić information content (AvgIpc) is 3.28. The van der Waals surface area contributed by atoms with Gasteiger partial charge in [-0.15, -0.1) is 0 Å². The number of nitrogens with zero attached hydrogens (tertiary/aromatic N) is 3. The van der Waals surface area contributed by atoms with Crippen LogP contribution in [0.3, 0.4) is 0 Å². The molecule has 1 atom stereocenters. The molecule has 25 heavy (non-hydrogen) atoms. The third-order valence-corrected chi connectivity index (χ3v) is 6.97. The minimum absolute atomic E-state index is 0.0240. The normalized spacial score (nSPS) is 29.2. The summed E-state index contributed by atoms with van der Waals surface area (Å²) < 4.78 is 0. The Morgan fingerprint density at radius 1 is 1.16 bits per heavy atom. The summed E-state index contributed by atoms with van der Waals surface area (Å²) in [6, 6.07) is -0.373. The van der Waals surface area contributed by atoms with Crippen LogP contribution < -0.4 is 0 Å². The summed E-state index contributed by atoms with van der Waals surface area (Å²) >= 11 is 0. The Bertz CT molecular complexity index is 550. The fourth-order valence-electron chi connectivity index (χ4n) is 5.38. The second-order valence-electron chi connectivity index (χ2n) is 8.45. The summed E-state index contributed by atoms with van der Waals surface area (Å²) in [5, 5.41) is 0. The molecular weight excluding hydrogens is 318 g/mol. The molecule has 1 saturated carbocycles. The molecule has 1 spiro atoms. The zero-order valence-electron chi connectivity index (χ0n) is 15.2. The maximum atomic E-state index is 12.5. The lowest BCUT2D eigenvalue weighted by molar-refractivity contribution is -0.135. The van der Waals surface area contributed by atoms with Crippen molar-refractivity contribution in [2.75, 3.05) is 26.2 Å². The van der Waals surface area contributed by atoms with E-state index in [1.165, 1.54) is 30.6 Å². The number of piperidine rings is 1. The zero-order chi connectivity index (χ0) is 17.6. The van der Waals surface area contributed by atoms with Gasteiger partial charge in [0.1, 0.15) is 6.04 Å². The van der Waals surface area contributed by atoms with Gasteiger partial charge in [0.15, 0.2) is 0 Å². The Labute approximate surface area is 149 Å². The Morgan fingerprint density at radius 3 is 2.44 bits per heavy atom. The molecule has 6 heteroatoms. The lowest BCUT2D eigenvalue weighted by Crippen LogP contribution is -2.46. The molecule has 1 unspecified atom stereocenters. The van der Waals surface area contributed by atoms with E-state index in [4.69, 9.17) is 0 Å². The molecule has 0 N–H and O–H groups in total. The van der Waals surface area contributed by atoms with Crippen LogP contribution in [0, 0.1) is 11.3 Å². The smallest absolute Gasteiger partial charge is 0.327 e. The van der Waals surface area contributed by atoms with Gasteiger partial charge in [-0.1, -0.05) is 12.8 Å². The van der Waals surface area contributed by atoms with Crippen molar-refractivity contribution < 1.29 is 14.4 Å². The molecule has 3 heterocycles. The van der Waals surface area contributed by atoms with Crippen LogP contribution in [0.4, 0.5) is 4.79 Å². The van der Waals surface area contributed by atoms with Crippen molar-refractivity contribution >= 4 is 17.8 Å². The number of fused-ring (bicyclic) bond motifs is 1. The summed E-state index contributed by atoms with van der Waals surface area (Å²) in [7, 11) is 0. The maximum absolute atomic E-state index is 12.5. The summed E-state index contributed by atoms with van der Waals surface area (Å²) in [6.07, 6.45) is 8.29. The topological polar surface area (TPSA) is 60.9 Å². The van der Waals surface area contributed by atoms with E-state index < -0.39 is 0 Å². The van der Waals surface area contributed by atoms with E-state index in [1.807, 2.05) is 11.8 Å². The molecular formula is C19H29N3O3. The molecule has 138 valence electrons. The molecule has 0 radical (unpaired) electrons. The van der Waals surface area contributed by atoms with Crippen LogP contribution in [0.5, 0.6) is 0 Å². The Balaban J connectivity index is 1.34. The molecule has 4 aliphatic rings. The van der Waals surface area contributed by atoms with E-state index in [1.54, 1.807) is 4.90 Å². The van der Waals surface area contributed by atoms with Gasteiger partial charge in [0.25, 0.3) is 5.91 Å². The van der Waals surface area contributed by atoms with Crippen molar-refractivity contribution in [3.8, 4) is 0 Å². The van der Waals surface area contributed by atoms with Crippen molar-refractivity contribution in [1.82, 2.24) is 14.7 Å². The largest absolute Gasteiger partial charge is 0.343 e. The summed E-state index contributed by atoms with van der Waals surface area (Å²) in [6.45, 7) is 4.56. The number of amides is 4. The number of imide groups is 1. The molecule has 0 aromatic heterocycles. The fourth-order valence-corrected chi connectivity index (χ4v) is 5.38. The number of likely N-dealkylation sites (tertiary alicyclic amines) is 1. The highest BCUT2D eigenvalue weighted by Crippen LogP contribution is 2.46. The fraction of sp³-hybridized carbons (Fsp3) is 0.842. The second kappa shape index (κ2) is 6.29. The third kappa shape index (κ3) is 2.83. The number of hydrogen-bond acceptors (Lipinski definition) is 3. The lowest BCUT2D eigenvalue weighted by atomic mass is 9.76. The first kappa shape index (κ1) is 16.9. The Morgan fingerprint density at radius 2 is 1.84 bits per heavy atom. The predicted molar refractivity (Wildman–Crippen MR) is 92.7 cm³/mol. The van der Waals surface area contributed by atoms with E-state index in [0.717, 1.165) is 32.4 Å². The minimum Gasteiger partial charge on any atom is -0.343 e. The van der Waals surface area contributed by atoms with Gasteiger partial charge in [-0.2, -0.15) is 0 Å². The SMILES string of the molecule is CCN1C(=O)C2CC3(CCN(C(=O)CC4CCCC4)CC3)CN2C1=O. The van der Waals surface area contributed by atoms with Crippen molar-refractivity contribution in [1.29, 1.82) is 0 Å². The molecule has 3 aliphatic heterocycles. The molecule has 4 rings (SSSR count). The van der Waals surface area contributed by atoms with Gasteiger partial charge in [0, 0.05) is 32.6 Å². The van der Waals surface area contributed by atoms with Gasteiger partial charge in [-0.25, -0.2) is 4.79 Å². The van der Waals surface area contributed by atoms with E-state index in [0.29, 0.717) is 31.3 Å². The maximum Gasteiger partial charge on any atom is 0.327 e. The van der Waals surface area contributed by atoms with Gasteiger partial charge in [0.2, 0.25) is 5.91 Å². The Hall–Kier alpha value is -1.59. The van der Waals surface area contributed by atoms with Gasteiger partial charge >= 0.3 is 6.03 Å². The van der Waals surface area contributed by atoms with Crippen LogP contribution in [0.2, 0.25) is 0 Å². The van der Waals surface area contributed by atoms with Gasteiger partial charge in [-0.05, 0) is 50.4 Å². The number of hydrogen-bond donors (Lipinski definition) is 0. The van der Waals surface area contributed by atoms with Crippen molar-refractivity contribution in [2.24, 2.45) is 11.3 Å². The van der Waals surface area contributed by atoms with Gasteiger partial charge in [-0.3, -0.25) is 14.5 Å². The lowest BCUT2D eigenvalue weighted by Gasteiger charge is -2.40. The molecule has 4 amide bonds. The average molecular weight is 347 g/mol. The standard InChI is InChI=1S/C19H29N3O3/c1-2-21-17(24)15-12-19(13-22(15)18(21)25)7-9-20(10-8-19)16(23)11-14-5-3-4-6-14/h14-15H,2-13H2,1H3. The first-order valence-corrected chi connectivity index (χ1v) is 9.93. The van der Waals surface area contributed by atoms with Crippen molar-refractivity contribution in [3.05, 3.63) is 0 Å². The molecule has 0 bridgehead atoms. The highest BCUT2D eigenvalue weighted by atomic mass is 16.2. The van der Waals surface area contributed by atoms with E-state index in [-0.39, 0.29) is 23.4 Å². The van der Waals surface area contributed by atoms with Crippen LogP contribution in [0.15, 0.2) is 0 Å². The summed E-state index contributed by atoms with van der Waals surface area (Å²) in [5.74, 6) is 0.879. The highest BCUT2D eigenvalue weighted by Gasteiger charge is 2.56.